The fraction of sp³-hybridized carbons (Fsp3) is 0. The van der Waals surface area contributed by atoms with Crippen LogP contribution in [-0.2, 0) is 0 Å². The number of aromatic nitrogens is 2. The van der Waals surface area contributed by atoms with Crippen LogP contribution >= 0.6 is 11.6 Å². The van der Waals surface area contributed by atoms with Crippen LogP contribution in [0.2, 0.25) is 5.02 Å². The Balaban J connectivity index is 1.97. The summed E-state index contributed by atoms with van der Waals surface area (Å²) in [7, 11) is 0. The molecule has 2 aromatic carbocycles. The van der Waals surface area contributed by atoms with Gasteiger partial charge in [-0.05, 0) is 24.3 Å². The Hall–Kier alpha value is -2.92. The third kappa shape index (κ3) is 3.14. The largest absolute Gasteiger partial charge is 0.454 e. The predicted molar refractivity (Wildman–Crippen MR) is 86.7 cm³/mol. The van der Waals surface area contributed by atoms with Gasteiger partial charge in [0.05, 0.1) is 11.9 Å². The van der Waals surface area contributed by atoms with Gasteiger partial charge in [0.1, 0.15) is 12.0 Å². The minimum absolute atomic E-state index is 0.0830. The Morgan fingerprint density at radius 3 is 2.61 bits per heavy atom. The monoisotopic (exact) mass is 326 g/mol. The first-order valence-corrected chi connectivity index (χ1v) is 7.13. The van der Waals surface area contributed by atoms with Crippen LogP contribution < -0.4 is 10.3 Å². The highest BCUT2D eigenvalue weighted by molar-refractivity contribution is 6.31. The number of halogens is 1. The zero-order valence-electron chi connectivity index (χ0n) is 11.8. The summed E-state index contributed by atoms with van der Waals surface area (Å²) in [6.45, 7) is 0. The summed E-state index contributed by atoms with van der Waals surface area (Å²) in [6.07, 6.45) is 2.07. The van der Waals surface area contributed by atoms with Crippen molar-refractivity contribution in [2.24, 2.45) is 0 Å². The molecule has 1 aromatic heterocycles. The number of nitrogens with zero attached hydrogens (tertiary/aromatic N) is 2. The first-order valence-electron chi connectivity index (χ1n) is 6.75. The molecule has 6 heteroatoms. The highest BCUT2D eigenvalue weighted by Crippen LogP contribution is 2.26. The standard InChI is InChI=1S/C17H11ClN2O3/c18-16-15(23-14-8-4-5-12(9-14)11-21)10-19-20(17(16)22)13-6-2-1-3-7-13/h1-11H. The maximum atomic E-state index is 12.3. The topological polar surface area (TPSA) is 61.2 Å². The molecule has 5 nitrogen and oxygen atoms in total. The lowest BCUT2D eigenvalue weighted by Crippen LogP contribution is -2.21. The maximum Gasteiger partial charge on any atom is 0.294 e. The van der Waals surface area contributed by atoms with Crippen LogP contribution in [0.3, 0.4) is 0 Å². The van der Waals surface area contributed by atoms with E-state index in [4.69, 9.17) is 16.3 Å². The van der Waals surface area contributed by atoms with Gasteiger partial charge in [-0.2, -0.15) is 9.78 Å². The second-order valence-corrected chi connectivity index (χ2v) is 5.05. The number of carbonyl (C=O) groups excluding carboxylic acids is 1. The van der Waals surface area contributed by atoms with E-state index in [1.807, 2.05) is 6.07 Å². The molecule has 0 aliphatic carbocycles. The first kappa shape index (κ1) is 15.0. The Bertz CT molecular complexity index is 907. The number of hydrogen-bond acceptors (Lipinski definition) is 4. The Labute approximate surface area is 136 Å². The summed E-state index contributed by atoms with van der Waals surface area (Å²) in [5, 5.41) is 3.99. The quantitative estimate of drug-likeness (QED) is 0.688. The fourth-order valence-electron chi connectivity index (χ4n) is 2.02. The van der Waals surface area contributed by atoms with Gasteiger partial charge in [0.2, 0.25) is 0 Å². The van der Waals surface area contributed by atoms with Gasteiger partial charge in [-0.15, -0.1) is 0 Å². The van der Waals surface area contributed by atoms with Crippen molar-refractivity contribution in [1.29, 1.82) is 0 Å². The molecule has 1 heterocycles. The lowest BCUT2D eigenvalue weighted by atomic mass is 10.2. The SMILES string of the molecule is O=Cc1cccc(Oc2cnn(-c3ccccc3)c(=O)c2Cl)c1. The van der Waals surface area contributed by atoms with Gasteiger partial charge in [0.25, 0.3) is 5.56 Å². The molecule has 0 fully saturated rings. The van der Waals surface area contributed by atoms with Gasteiger partial charge in [-0.1, -0.05) is 41.9 Å². The summed E-state index contributed by atoms with van der Waals surface area (Å²) in [4.78, 5) is 23.1. The predicted octanol–water partition coefficient (Wildman–Crippen LogP) is 3.49. The average molecular weight is 327 g/mol. The molecule has 114 valence electrons. The van der Waals surface area contributed by atoms with E-state index < -0.39 is 5.56 Å². The molecule has 0 aliphatic heterocycles. The third-order valence-electron chi connectivity index (χ3n) is 3.11. The molecule has 0 radical (unpaired) electrons. The molecule has 23 heavy (non-hydrogen) atoms. The van der Waals surface area contributed by atoms with Crippen molar-refractivity contribution in [3.05, 3.63) is 81.7 Å². The van der Waals surface area contributed by atoms with Crippen LogP contribution in [0.4, 0.5) is 0 Å². The van der Waals surface area contributed by atoms with E-state index >= 15 is 0 Å². The van der Waals surface area contributed by atoms with Crippen LogP contribution in [0, 0.1) is 0 Å². The number of ether oxygens (including phenoxy) is 1. The summed E-state index contributed by atoms with van der Waals surface area (Å²) < 4.78 is 6.75. The average Bonchev–Trinajstić information content (AvgIpc) is 2.60. The van der Waals surface area contributed by atoms with Crippen LogP contribution in [-0.4, -0.2) is 16.1 Å². The van der Waals surface area contributed by atoms with E-state index in [-0.39, 0.29) is 10.8 Å². The minimum Gasteiger partial charge on any atom is -0.454 e. The third-order valence-corrected chi connectivity index (χ3v) is 3.46. The maximum absolute atomic E-state index is 12.3. The van der Waals surface area contributed by atoms with Crippen LogP contribution in [0.5, 0.6) is 11.5 Å². The molecule has 3 aromatic rings. The molecule has 0 unspecified atom stereocenters. The number of hydrogen-bond donors (Lipinski definition) is 0. The zero-order chi connectivity index (χ0) is 16.2. The van der Waals surface area contributed by atoms with Crippen LogP contribution in [0.1, 0.15) is 10.4 Å². The van der Waals surface area contributed by atoms with Crippen LogP contribution in [0.15, 0.2) is 65.6 Å². The number of aldehydes is 1. The van der Waals surface area contributed by atoms with Crippen molar-refractivity contribution in [3.63, 3.8) is 0 Å². The van der Waals surface area contributed by atoms with Crippen molar-refractivity contribution in [3.8, 4) is 17.2 Å². The van der Waals surface area contributed by atoms with Crippen LogP contribution in [0.25, 0.3) is 5.69 Å². The normalized spacial score (nSPS) is 10.3. The number of benzene rings is 2. The van der Waals surface area contributed by atoms with Crippen molar-refractivity contribution in [2.45, 2.75) is 0 Å². The van der Waals surface area contributed by atoms with E-state index in [2.05, 4.69) is 5.10 Å². The molecular formula is C17H11ClN2O3. The van der Waals surface area contributed by atoms with E-state index in [0.717, 1.165) is 0 Å². The zero-order valence-corrected chi connectivity index (χ0v) is 12.6. The summed E-state index contributed by atoms with van der Waals surface area (Å²) in [5.41, 5.74) is 0.583. The Morgan fingerprint density at radius 2 is 1.87 bits per heavy atom. The smallest absolute Gasteiger partial charge is 0.294 e. The second kappa shape index (κ2) is 6.46. The highest BCUT2D eigenvalue weighted by atomic mass is 35.5. The van der Waals surface area contributed by atoms with E-state index in [1.54, 1.807) is 48.5 Å². The molecule has 0 atom stereocenters. The highest BCUT2D eigenvalue weighted by Gasteiger charge is 2.12. The Morgan fingerprint density at radius 1 is 1.09 bits per heavy atom. The van der Waals surface area contributed by atoms with Crippen molar-refractivity contribution < 1.29 is 9.53 Å². The summed E-state index contributed by atoms with van der Waals surface area (Å²) in [5.74, 6) is 0.530. The van der Waals surface area contributed by atoms with Crippen molar-refractivity contribution in [1.82, 2.24) is 9.78 Å². The minimum atomic E-state index is -0.484. The van der Waals surface area contributed by atoms with Crippen molar-refractivity contribution >= 4 is 17.9 Å². The van der Waals surface area contributed by atoms with Gasteiger partial charge < -0.3 is 4.74 Å². The molecule has 3 rings (SSSR count). The van der Waals surface area contributed by atoms with Crippen molar-refractivity contribution in [2.75, 3.05) is 0 Å². The first-order chi connectivity index (χ1) is 11.2. The lowest BCUT2D eigenvalue weighted by molar-refractivity contribution is 0.112. The molecule has 0 bridgehead atoms. The van der Waals surface area contributed by atoms with Gasteiger partial charge in [0.15, 0.2) is 10.8 Å². The summed E-state index contributed by atoms with van der Waals surface area (Å²) in [6, 6.07) is 15.5. The molecule has 0 spiro atoms. The molecule has 0 saturated heterocycles. The van der Waals surface area contributed by atoms with E-state index in [1.165, 1.54) is 10.9 Å². The number of rotatable bonds is 4. The molecule has 0 N–H and O–H groups in total. The van der Waals surface area contributed by atoms with Gasteiger partial charge >= 0.3 is 0 Å². The number of para-hydroxylation sites is 1. The molecule has 0 aliphatic rings. The fourth-order valence-corrected chi connectivity index (χ4v) is 2.19. The van der Waals surface area contributed by atoms with Gasteiger partial charge in [-0.25, -0.2) is 0 Å². The van der Waals surface area contributed by atoms with Gasteiger partial charge in [-0.3, -0.25) is 9.59 Å². The second-order valence-electron chi connectivity index (χ2n) is 4.67. The van der Waals surface area contributed by atoms with E-state index in [9.17, 15) is 9.59 Å². The lowest BCUT2D eigenvalue weighted by Gasteiger charge is -2.09. The van der Waals surface area contributed by atoms with E-state index in [0.29, 0.717) is 23.3 Å². The molecular weight excluding hydrogens is 316 g/mol. The summed E-state index contributed by atoms with van der Waals surface area (Å²) >= 11 is 6.10. The molecule has 0 saturated carbocycles. The Kier molecular flexibility index (Phi) is 4.21. The van der Waals surface area contributed by atoms with Gasteiger partial charge in [0, 0.05) is 5.56 Å². The number of carbonyl (C=O) groups is 1. The molecule has 0 amide bonds.